The average Bonchev–Trinajstić information content (AvgIpc) is 3.69. The second kappa shape index (κ2) is 17.0. The molecule has 10 aromatic carbocycles. The summed E-state index contributed by atoms with van der Waals surface area (Å²) in [7, 11) is 0. The molecule has 11 aromatic rings. The normalized spacial score (nSPS) is 11.1. The number of hydrogen-bond donors (Lipinski definition) is 0. The zero-order chi connectivity index (χ0) is 41.8. The molecule has 1 aromatic heterocycles. The van der Waals surface area contributed by atoms with Gasteiger partial charge in [0.1, 0.15) is 0 Å². The molecule has 0 aliphatic rings. The first-order chi connectivity index (χ1) is 30.8. The topological polar surface area (TPSA) is 8.17 Å². The van der Waals surface area contributed by atoms with Crippen LogP contribution in [0.25, 0.3) is 82.8 Å². The van der Waals surface area contributed by atoms with Crippen LogP contribution >= 0.6 is 0 Å². The Labute approximate surface area is 364 Å². The minimum absolute atomic E-state index is 1.11. The summed E-state index contributed by atoms with van der Waals surface area (Å²) in [5, 5.41) is 5.01. The zero-order valence-corrected chi connectivity index (χ0v) is 35.0. The van der Waals surface area contributed by atoms with Crippen LogP contribution in [0.5, 0.6) is 0 Å². The zero-order valence-electron chi connectivity index (χ0n) is 35.0. The maximum Gasteiger partial charge on any atom is 0.0541 e. The summed E-state index contributed by atoms with van der Waals surface area (Å²) in [5.74, 6) is 0. The predicted molar refractivity (Wildman–Crippen MR) is 266 cm³/mol. The van der Waals surface area contributed by atoms with Crippen molar-refractivity contribution in [1.29, 1.82) is 0 Å². The van der Waals surface area contributed by atoms with Crippen molar-refractivity contribution >= 4 is 49.6 Å². The molecule has 0 radical (unpaired) electrons. The molecule has 0 amide bonds. The van der Waals surface area contributed by atoms with Crippen LogP contribution in [-0.4, -0.2) is 4.57 Å². The van der Waals surface area contributed by atoms with E-state index in [1.807, 2.05) is 13.8 Å². The van der Waals surface area contributed by atoms with E-state index in [4.69, 9.17) is 0 Å². The fourth-order valence-corrected chi connectivity index (χ4v) is 8.91. The fourth-order valence-electron chi connectivity index (χ4n) is 8.91. The van der Waals surface area contributed by atoms with E-state index in [2.05, 4.69) is 252 Å². The number of rotatable bonds is 8. The lowest BCUT2D eigenvalue weighted by atomic mass is 9.92. The summed E-state index contributed by atoms with van der Waals surface area (Å²) in [5.41, 5.74) is 16.6. The summed E-state index contributed by atoms with van der Waals surface area (Å²) >= 11 is 0. The van der Waals surface area contributed by atoms with Crippen molar-refractivity contribution in [2.45, 2.75) is 13.8 Å². The van der Waals surface area contributed by atoms with E-state index in [0.29, 0.717) is 0 Å². The highest BCUT2D eigenvalue weighted by Crippen LogP contribution is 2.40. The highest BCUT2D eigenvalue weighted by molar-refractivity contribution is 6.12. The second-order valence-corrected chi connectivity index (χ2v) is 15.3. The van der Waals surface area contributed by atoms with Crippen LogP contribution in [0.2, 0.25) is 0 Å². The molecule has 0 bridgehead atoms. The molecule has 0 aliphatic carbocycles. The Bertz CT molecular complexity index is 3260. The lowest BCUT2D eigenvalue weighted by Gasteiger charge is -2.26. The molecule has 2 nitrogen and oxygen atoms in total. The quantitative estimate of drug-likeness (QED) is 0.149. The minimum Gasteiger partial charge on any atom is -0.311 e. The molecule has 0 unspecified atom stereocenters. The molecule has 0 aliphatic heterocycles. The van der Waals surface area contributed by atoms with E-state index in [1.54, 1.807) is 0 Å². The maximum absolute atomic E-state index is 2.37. The van der Waals surface area contributed by atoms with Gasteiger partial charge in [0.05, 0.1) is 11.0 Å². The van der Waals surface area contributed by atoms with Gasteiger partial charge >= 0.3 is 0 Å². The van der Waals surface area contributed by atoms with Crippen molar-refractivity contribution in [2.24, 2.45) is 0 Å². The smallest absolute Gasteiger partial charge is 0.0541 e. The second-order valence-electron chi connectivity index (χ2n) is 15.3. The fraction of sp³-hybridized carbons (Fsp3) is 0.0333. The Balaban J connectivity index is 0.00000226. The third-order valence-electron chi connectivity index (χ3n) is 11.8. The van der Waals surface area contributed by atoms with Gasteiger partial charge in [0.15, 0.2) is 0 Å². The van der Waals surface area contributed by atoms with Gasteiger partial charge in [-0.15, -0.1) is 0 Å². The maximum atomic E-state index is 2.37. The van der Waals surface area contributed by atoms with E-state index in [0.717, 1.165) is 17.1 Å². The van der Waals surface area contributed by atoms with Crippen LogP contribution in [0.1, 0.15) is 13.8 Å². The molecule has 11 rings (SSSR count). The van der Waals surface area contributed by atoms with Gasteiger partial charge in [-0.25, -0.2) is 0 Å². The van der Waals surface area contributed by atoms with E-state index in [-0.39, 0.29) is 0 Å². The molecule has 1 heterocycles. The molecule has 2 heteroatoms. The summed E-state index contributed by atoms with van der Waals surface area (Å²) in [6.07, 6.45) is 0. The Hall–Kier alpha value is -7.94. The standard InChI is InChI=1S/C58H40N2.C2H6/c1-4-14-41(15-5-1)43-30-35-49(36-31-43)59(47-16-6-2-7-17-47)50-37-32-44(33-38-50)42-26-28-45(29-27-42)51-21-12-24-54-52(22-13-23-53(51)54)46-34-39-58-56(40-46)55-20-10-11-25-57(55)60(58)48-18-8-3-9-19-48;1-2/h1-40H;1-2H3. The number of hydrogen-bond acceptors (Lipinski definition) is 1. The molecular weight excluding hydrogens is 749 g/mol. The number of para-hydroxylation sites is 3. The predicted octanol–water partition coefficient (Wildman–Crippen LogP) is 17.1. The lowest BCUT2D eigenvalue weighted by molar-refractivity contribution is 1.18. The number of fused-ring (bicyclic) bond motifs is 4. The SMILES string of the molecule is CC.c1ccc(-c2ccc(N(c3ccccc3)c3ccc(-c4ccc(-c5cccc6c(-c7ccc8c(c7)c7ccccc7n8-c7ccccc7)cccc56)cc4)cc3)cc2)cc1. The third kappa shape index (κ3) is 7.12. The first kappa shape index (κ1) is 38.3. The van der Waals surface area contributed by atoms with Crippen LogP contribution in [0.4, 0.5) is 17.1 Å². The van der Waals surface area contributed by atoms with Crippen LogP contribution in [0.3, 0.4) is 0 Å². The van der Waals surface area contributed by atoms with Crippen molar-refractivity contribution in [2.75, 3.05) is 4.90 Å². The molecule has 296 valence electrons. The molecule has 0 spiro atoms. The van der Waals surface area contributed by atoms with Crippen molar-refractivity contribution in [3.8, 4) is 50.2 Å². The van der Waals surface area contributed by atoms with Crippen molar-refractivity contribution < 1.29 is 0 Å². The molecule has 62 heavy (non-hydrogen) atoms. The van der Waals surface area contributed by atoms with Gasteiger partial charge in [0, 0.05) is 33.5 Å². The average molecular weight is 795 g/mol. The first-order valence-electron chi connectivity index (χ1n) is 21.6. The highest BCUT2D eigenvalue weighted by atomic mass is 15.1. The number of benzene rings is 10. The molecule has 0 N–H and O–H groups in total. The van der Waals surface area contributed by atoms with Crippen LogP contribution in [0, 0.1) is 0 Å². The monoisotopic (exact) mass is 794 g/mol. The molecule has 0 fully saturated rings. The first-order valence-corrected chi connectivity index (χ1v) is 21.6. The Morgan fingerprint density at radius 2 is 0.677 bits per heavy atom. The number of anilines is 3. The molecule has 0 saturated heterocycles. The summed E-state index contributed by atoms with van der Waals surface area (Å²) < 4.78 is 2.37. The van der Waals surface area contributed by atoms with Gasteiger partial charge in [-0.05, 0) is 122 Å². The van der Waals surface area contributed by atoms with Crippen molar-refractivity contribution in [3.63, 3.8) is 0 Å². The Morgan fingerprint density at radius 3 is 1.27 bits per heavy atom. The van der Waals surface area contributed by atoms with E-state index < -0.39 is 0 Å². The van der Waals surface area contributed by atoms with Gasteiger partial charge in [0.2, 0.25) is 0 Å². The van der Waals surface area contributed by atoms with Crippen LogP contribution in [-0.2, 0) is 0 Å². The Kier molecular flexibility index (Phi) is 10.5. The lowest BCUT2D eigenvalue weighted by Crippen LogP contribution is -2.09. The van der Waals surface area contributed by atoms with Crippen molar-refractivity contribution in [1.82, 2.24) is 4.57 Å². The summed E-state index contributed by atoms with van der Waals surface area (Å²) in [6.45, 7) is 4.00. The molecule has 0 saturated carbocycles. The highest BCUT2D eigenvalue weighted by Gasteiger charge is 2.16. The summed E-state index contributed by atoms with van der Waals surface area (Å²) in [4.78, 5) is 2.32. The van der Waals surface area contributed by atoms with Gasteiger partial charge in [0.25, 0.3) is 0 Å². The molecular formula is C60H46N2. The Morgan fingerprint density at radius 1 is 0.274 bits per heavy atom. The van der Waals surface area contributed by atoms with E-state index in [1.165, 1.54) is 82.8 Å². The van der Waals surface area contributed by atoms with Gasteiger partial charge < -0.3 is 9.47 Å². The largest absolute Gasteiger partial charge is 0.311 e. The van der Waals surface area contributed by atoms with E-state index >= 15 is 0 Å². The summed E-state index contributed by atoms with van der Waals surface area (Å²) in [6, 6.07) is 87.7. The van der Waals surface area contributed by atoms with Crippen molar-refractivity contribution in [3.05, 3.63) is 243 Å². The van der Waals surface area contributed by atoms with Gasteiger partial charge in [-0.2, -0.15) is 0 Å². The minimum atomic E-state index is 1.11. The van der Waals surface area contributed by atoms with Crippen LogP contribution < -0.4 is 4.90 Å². The number of nitrogens with zero attached hydrogens (tertiary/aromatic N) is 2. The van der Waals surface area contributed by atoms with Gasteiger partial charge in [-0.1, -0.05) is 190 Å². The van der Waals surface area contributed by atoms with E-state index in [9.17, 15) is 0 Å². The molecule has 0 atom stereocenters. The number of aromatic nitrogens is 1. The van der Waals surface area contributed by atoms with Gasteiger partial charge in [-0.3, -0.25) is 0 Å². The third-order valence-corrected chi connectivity index (χ3v) is 11.8. The van der Waals surface area contributed by atoms with Crippen LogP contribution in [0.15, 0.2) is 243 Å².